The molecule has 0 aromatic heterocycles. The number of rotatable bonds is 5. The fourth-order valence-electron chi connectivity index (χ4n) is 5.14. The van der Waals surface area contributed by atoms with Crippen molar-refractivity contribution in [1.82, 2.24) is 9.80 Å². The van der Waals surface area contributed by atoms with Crippen LogP contribution < -0.4 is 4.74 Å². The zero-order valence-corrected chi connectivity index (χ0v) is 20.2. The van der Waals surface area contributed by atoms with Crippen molar-refractivity contribution >= 4 is 11.9 Å². The molecule has 2 aliphatic heterocycles. The van der Waals surface area contributed by atoms with Crippen molar-refractivity contribution in [2.75, 3.05) is 26.2 Å². The first-order valence-corrected chi connectivity index (χ1v) is 12.0. The Morgan fingerprint density at radius 1 is 0.895 bits per heavy atom. The van der Waals surface area contributed by atoms with E-state index in [1.807, 2.05) is 4.90 Å². The van der Waals surface area contributed by atoms with Gasteiger partial charge >= 0.3 is 18.5 Å². The molecular formula is C26H26F6N2O4. The average molecular weight is 544 g/mol. The molecule has 1 spiro atoms. The van der Waals surface area contributed by atoms with Crippen LogP contribution in [0.15, 0.2) is 54.6 Å². The lowest BCUT2D eigenvalue weighted by Gasteiger charge is -2.51. The molecule has 2 fully saturated rings. The minimum Gasteiger partial charge on any atom is -0.453 e. The number of hydrogen-bond donors (Lipinski definition) is 0. The second kappa shape index (κ2) is 10.8. The molecule has 12 heteroatoms. The van der Waals surface area contributed by atoms with Gasteiger partial charge < -0.3 is 14.4 Å². The predicted molar refractivity (Wildman–Crippen MR) is 123 cm³/mol. The number of carbonyl (C=O) groups is 2. The molecule has 1 amide bonds. The van der Waals surface area contributed by atoms with Gasteiger partial charge in [0, 0.05) is 24.1 Å². The van der Waals surface area contributed by atoms with Gasteiger partial charge in [-0.2, -0.15) is 13.2 Å². The summed E-state index contributed by atoms with van der Waals surface area (Å²) in [7, 11) is 0. The number of likely N-dealkylation sites (tertiary alicyclic amines) is 2. The third-order valence-electron chi connectivity index (χ3n) is 7.13. The Kier molecular flexibility index (Phi) is 7.91. The summed E-state index contributed by atoms with van der Waals surface area (Å²) >= 11 is 0. The van der Waals surface area contributed by atoms with Gasteiger partial charge in [0.1, 0.15) is 11.9 Å². The maximum absolute atomic E-state index is 13.1. The van der Waals surface area contributed by atoms with E-state index in [2.05, 4.69) is 4.74 Å². The number of carbonyl (C=O) groups excluding carboxylic acids is 2. The number of ether oxygens (including phenoxy) is 2. The van der Waals surface area contributed by atoms with Gasteiger partial charge in [-0.05, 0) is 62.2 Å². The first-order valence-electron chi connectivity index (χ1n) is 12.0. The summed E-state index contributed by atoms with van der Waals surface area (Å²) in [5, 5.41) is 0. The molecule has 2 aliphatic rings. The molecule has 1 atom stereocenters. The van der Waals surface area contributed by atoms with E-state index in [-0.39, 0.29) is 18.2 Å². The van der Waals surface area contributed by atoms with Gasteiger partial charge in [-0.3, -0.25) is 9.69 Å². The van der Waals surface area contributed by atoms with E-state index in [9.17, 15) is 35.9 Å². The van der Waals surface area contributed by atoms with E-state index in [1.54, 1.807) is 36.4 Å². The predicted octanol–water partition coefficient (Wildman–Crippen LogP) is 5.19. The van der Waals surface area contributed by atoms with Crippen LogP contribution >= 0.6 is 0 Å². The van der Waals surface area contributed by atoms with Crippen LogP contribution in [0.1, 0.15) is 35.2 Å². The van der Waals surface area contributed by atoms with Crippen LogP contribution in [0.5, 0.6) is 5.75 Å². The first-order chi connectivity index (χ1) is 17.8. The Morgan fingerprint density at radius 3 is 2.18 bits per heavy atom. The molecule has 206 valence electrons. The molecule has 2 aromatic carbocycles. The van der Waals surface area contributed by atoms with Crippen molar-refractivity contribution in [3.05, 3.63) is 65.7 Å². The first kappa shape index (κ1) is 27.7. The summed E-state index contributed by atoms with van der Waals surface area (Å²) in [6.45, 7) is 1.31. The van der Waals surface area contributed by atoms with Crippen LogP contribution in [-0.4, -0.2) is 66.5 Å². The van der Waals surface area contributed by atoms with Crippen molar-refractivity contribution in [2.24, 2.45) is 5.41 Å². The average Bonchev–Trinajstić information content (AvgIpc) is 2.85. The summed E-state index contributed by atoms with van der Waals surface area (Å²) in [4.78, 5) is 28.1. The summed E-state index contributed by atoms with van der Waals surface area (Å²) in [6.07, 6.45) is -9.98. The van der Waals surface area contributed by atoms with E-state index in [4.69, 9.17) is 4.74 Å². The molecular weight excluding hydrogens is 518 g/mol. The van der Waals surface area contributed by atoms with Gasteiger partial charge in [-0.15, -0.1) is 13.2 Å². The number of amides is 1. The van der Waals surface area contributed by atoms with Gasteiger partial charge in [0.15, 0.2) is 0 Å². The highest BCUT2D eigenvalue weighted by Crippen LogP contribution is 2.44. The Hall–Kier alpha value is -3.28. The third kappa shape index (κ3) is 6.77. The highest BCUT2D eigenvalue weighted by Gasteiger charge is 2.51. The van der Waals surface area contributed by atoms with Gasteiger partial charge in [-0.1, -0.05) is 30.3 Å². The lowest BCUT2D eigenvalue weighted by molar-refractivity contribution is -0.274. The molecule has 4 rings (SSSR count). The van der Waals surface area contributed by atoms with Crippen LogP contribution in [0.4, 0.5) is 26.3 Å². The van der Waals surface area contributed by atoms with Crippen molar-refractivity contribution in [2.45, 2.75) is 44.4 Å². The third-order valence-corrected chi connectivity index (χ3v) is 7.13. The Labute approximate surface area is 215 Å². The van der Waals surface area contributed by atoms with Crippen molar-refractivity contribution in [3.63, 3.8) is 0 Å². The largest absolute Gasteiger partial charge is 0.573 e. The minimum atomic E-state index is -5.17. The number of benzene rings is 2. The molecule has 0 N–H and O–H groups in total. The smallest absolute Gasteiger partial charge is 0.453 e. The lowest BCUT2D eigenvalue weighted by atomic mass is 9.69. The number of nitrogens with zero attached hydrogens (tertiary/aromatic N) is 2. The number of esters is 1. The molecule has 0 saturated carbocycles. The summed E-state index contributed by atoms with van der Waals surface area (Å²) < 4.78 is 85.8. The zero-order valence-electron chi connectivity index (χ0n) is 20.2. The number of piperidine rings is 2. The molecule has 0 radical (unpaired) electrons. The molecule has 1 unspecified atom stereocenters. The van der Waals surface area contributed by atoms with E-state index in [1.165, 1.54) is 23.1 Å². The molecule has 38 heavy (non-hydrogen) atoms. The van der Waals surface area contributed by atoms with E-state index in [0.717, 1.165) is 0 Å². The number of halogens is 6. The van der Waals surface area contributed by atoms with Gasteiger partial charge in [0.05, 0.1) is 6.54 Å². The molecule has 6 nitrogen and oxygen atoms in total. The fourth-order valence-corrected chi connectivity index (χ4v) is 5.14. The van der Waals surface area contributed by atoms with Gasteiger partial charge in [0.2, 0.25) is 0 Å². The standard InChI is InChI=1S/C26H26F6N2O4/c27-25(28,29)23(36)37-21-17-34(22(35)19-6-2-1-3-7-19)14-11-24(21)9-12-33(13-10-24)16-18-5-4-8-20(15-18)38-26(30,31)32/h1-8,15,21H,9-14,16-17H2. The number of hydrogen-bond acceptors (Lipinski definition) is 5. The van der Waals surface area contributed by atoms with Gasteiger partial charge in [0.25, 0.3) is 5.91 Å². The Balaban J connectivity index is 1.45. The van der Waals surface area contributed by atoms with Crippen LogP contribution in [0.2, 0.25) is 0 Å². The number of alkyl halides is 6. The molecule has 2 saturated heterocycles. The molecule has 0 bridgehead atoms. The second-order valence-electron chi connectivity index (χ2n) is 9.59. The molecule has 0 aliphatic carbocycles. The summed E-state index contributed by atoms with van der Waals surface area (Å²) in [5.74, 6) is -2.98. The lowest BCUT2D eigenvalue weighted by Crippen LogP contribution is -2.58. The summed E-state index contributed by atoms with van der Waals surface area (Å²) in [6, 6.07) is 13.9. The highest BCUT2D eigenvalue weighted by atomic mass is 19.4. The topological polar surface area (TPSA) is 59.1 Å². The van der Waals surface area contributed by atoms with Crippen LogP contribution in [0.25, 0.3) is 0 Å². The maximum atomic E-state index is 13.1. The Morgan fingerprint density at radius 2 is 1.55 bits per heavy atom. The van der Waals surface area contributed by atoms with Crippen molar-refractivity contribution < 1.29 is 45.4 Å². The van der Waals surface area contributed by atoms with E-state index < -0.39 is 30.0 Å². The quantitative estimate of drug-likeness (QED) is 0.383. The molecule has 2 aromatic rings. The second-order valence-corrected chi connectivity index (χ2v) is 9.59. The maximum Gasteiger partial charge on any atom is 0.573 e. The minimum absolute atomic E-state index is 0.160. The van der Waals surface area contributed by atoms with Gasteiger partial charge in [-0.25, -0.2) is 4.79 Å². The zero-order chi connectivity index (χ0) is 27.6. The SMILES string of the molecule is O=C(c1ccccc1)N1CCC2(CCN(Cc3cccc(OC(F)(F)F)c3)CC2)C(OC(=O)C(F)(F)F)C1. The highest BCUT2D eigenvalue weighted by molar-refractivity contribution is 5.94. The van der Waals surface area contributed by atoms with Crippen LogP contribution in [0.3, 0.4) is 0 Å². The van der Waals surface area contributed by atoms with E-state index in [0.29, 0.717) is 56.6 Å². The van der Waals surface area contributed by atoms with E-state index >= 15 is 0 Å². The Bertz CT molecular complexity index is 1130. The van der Waals surface area contributed by atoms with Crippen molar-refractivity contribution in [1.29, 1.82) is 0 Å². The normalized spacial score (nSPS) is 20.3. The monoisotopic (exact) mass is 544 g/mol. The van der Waals surface area contributed by atoms with Crippen LogP contribution in [0, 0.1) is 5.41 Å². The molecule has 2 heterocycles. The summed E-state index contributed by atoms with van der Waals surface area (Å²) in [5.41, 5.74) is 0.216. The van der Waals surface area contributed by atoms with Crippen molar-refractivity contribution in [3.8, 4) is 5.75 Å². The van der Waals surface area contributed by atoms with Crippen LogP contribution in [-0.2, 0) is 16.1 Å². The fraction of sp³-hybridized carbons (Fsp3) is 0.462.